The summed E-state index contributed by atoms with van der Waals surface area (Å²) in [7, 11) is 0. The minimum Gasteiger partial charge on any atom is -0.366 e. The number of nitrogens with two attached hydrogens (primary N) is 1. The number of carbonyl (C=O) groups excluding carboxylic acids is 1. The van der Waals surface area contributed by atoms with Gasteiger partial charge in [0.15, 0.2) is 0 Å². The van der Waals surface area contributed by atoms with Gasteiger partial charge in [-0.3, -0.25) is 0 Å². The number of primary amides is 1. The molecule has 2 unspecified atom stereocenters. The Labute approximate surface area is 83.7 Å². The first-order valence-electron chi connectivity index (χ1n) is 4.78. The Morgan fingerprint density at radius 3 is 3.00 bits per heavy atom. The number of nitrogens with zero attached hydrogens (tertiary/aromatic N) is 1. The molecule has 1 aliphatic rings. The summed E-state index contributed by atoms with van der Waals surface area (Å²) in [4.78, 5) is 10.5. The minimum absolute atomic E-state index is 0.147. The van der Waals surface area contributed by atoms with E-state index in [4.69, 9.17) is 10.5 Å². The molecule has 1 fully saturated rings. The molecule has 0 aromatic rings. The van der Waals surface area contributed by atoms with Gasteiger partial charge in [0, 0.05) is 6.42 Å². The third-order valence-corrected chi connectivity index (χ3v) is 2.53. The van der Waals surface area contributed by atoms with E-state index in [0.29, 0.717) is 0 Å². The second-order valence-electron chi connectivity index (χ2n) is 3.75. The normalized spacial score (nSPS) is 34.8. The fourth-order valence-corrected chi connectivity index (χ4v) is 1.62. The Morgan fingerprint density at radius 2 is 2.50 bits per heavy atom. The molecule has 2 atom stereocenters. The summed E-state index contributed by atoms with van der Waals surface area (Å²) < 4.78 is 5.72. The Hall–Kier alpha value is -1.10. The van der Waals surface area contributed by atoms with Gasteiger partial charge in [-0.05, 0) is 20.3 Å². The molecule has 1 heterocycles. The first-order chi connectivity index (χ1) is 6.48. The number of hydrogen-bond acceptors (Lipinski definition) is 3. The first kappa shape index (κ1) is 11.0. The van der Waals surface area contributed by atoms with E-state index >= 15 is 0 Å². The van der Waals surface area contributed by atoms with Crippen LogP contribution in [0.4, 0.5) is 4.79 Å². The zero-order chi connectivity index (χ0) is 10.8. The number of hydrazone groups is 1. The topological polar surface area (TPSA) is 76.7 Å². The van der Waals surface area contributed by atoms with Gasteiger partial charge in [0.2, 0.25) is 0 Å². The van der Waals surface area contributed by atoms with Crippen molar-refractivity contribution in [3.8, 4) is 0 Å². The minimum atomic E-state index is -0.643. The van der Waals surface area contributed by atoms with E-state index in [0.717, 1.165) is 18.6 Å². The fourth-order valence-electron chi connectivity index (χ4n) is 1.62. The van der Waals surface area contributed by atoms with Gasteiger partial charge in [-0.2, -0.15) is 5.10 Å². The molecule has 0 spiro atoms. The van der Waals surface area contributed by atoms with Crippen molar-refractivity contribution in [1.82, 2.24) is 5.43 Å². The molecule has 2 amide bonds. The number of carbonyl (C=O) groups is 1. The summed E-state index contributed by atoms with van der Waals surface area (Å²) in [5, 5.41) is 3.96. The number of nitrogens with one attached hydrogen (secondary N) is 1. The van der Waals surface area contributed by atoms with Crippen LogP contribution in [0.2, 0.25) is 0 Å². The largest absolute Gasteiger partial charge is 0.366 e. The van der Waals surface area contributed by atoms with Crippen LogP contribution in [0.3, 0.4) is 0 Å². The highest BCUT2D eigenvalue weighted by molar-refractivity contribution is 5.94. The van der Waals surface area contributed by atoms with Crippen molar-refractivity contribution >= 4 is 11.7 Å². The molecule has 14 heavy (non-hydrogen) atoms. The van der Waals surface area contributed by atoms with E-state index in [-0.39, 0.29) is 11.7 Å². The first-order valence-corrected chi connectivity index (χ1v) is 4.78. The Bertz CT molecular complexity index is 265. The quantitative estimate of drug-likeness (QED) is 0.650. The SMILES string of the molecule is CCC1(C)OC(C)C/C1=N\NC(N)=O. The van der Waals surface area contributed by atoms with E-state index in [1.165, 1.54) is 0 Å². The molecule has 0 aromatic carbocycles. The molecule has 1 saturated heterocycles. The monoisotopic (exact) mass is 199 g/mol. The number of urea groups is 1. The molecule has 1 rings (SSSR count). The van der Waals surface area contributed by atoms with Gasteiger partial charge in [-0.25, -0.2) is 10.2 Å². The lowest BCUT2D eigenvalue weighted by Gasteiger charge is -2.22. The molecular weight excluding hydrogens is 182 g/mol. The van der Waals surface area contributed by atoms with Crippen molar-refractivity contribution in [2.24, 2.45) is 10.8 Å². The van der Waals surface area contributed by atoms with Crippen molar-refractivity contribution in [2.75, 3.05) is 0 Å². The fraction of sp³-hybridized carbons (Fsp3) is 0.778. The van der Waals surface area contributed by atoms with Crippen LogP contribution >= 0.6 is 0 Å². The second kappa shape index (κ2) is 3.96. The molecule has 0 radical (unpaired) electrons. The van der Waals surface area contributed by atoms with Crippen LogP contribution in [0.15, 0.2) is 5.10 Å². The molecule has 1 aliphatic heterocycles. The summed E-state index contributed by atoms with van der Waals surface area (Å²) in [5.41, 5.74) is 7.68. The number of rotatable bonds is 2. The van der Waals surface area contributed by atoms with Gasteiger partial charge in [0.1, 0.15) is 5.60 Å². The molecule has 5 nitrogen and oxygen atoms in total. The number of amides is 2. The van der Waals surface area contributed by atoms with E-state index < -0.39 is 6.03 Å². The third-order valence-electron chi connectivity index (χ3n) is 2.53. The van der Waals surface area contributed by atoms with Crippen LogP contribution in [0.5, 0.6) is 0 Å². The van der Waals surface area contributed by atoms with E-state index in [1.807, 2.05) is 20.8 Å². The highest BCUT2D eigenvalue weighted by Crippen LogP contribution is 2.30. The van der Waals surface area contributed by atoms with Gasteiger partial charge in [-0.1, -0.05) is 6.92 Å². The predicted octanol–water partition coefficient (Wildman–Crippen LogP) is 0.988. The Kier molecular flexibility index (Phi) is 3.10. The highest BCUT2D eigenvalue weighted by Gasteiger charge is 2.39. The smallest absolute Gasteiger partial charge is 0.332 e. The zero-order valence-electron chi connectivity index (χ0n) is 8.83. The molecule has 3 N–H and O–H groups in total. The Balaban J connectivity index is 2.76. The summed E-state index contributed by atoms with van der Waals surface area (Å²) in [6, 6.07) is -0.643. The third kappa shape index (κ3) is 2.23. The molecule has 0 aromatic heterocycles. The van der Waals surface area contributed by atoms with Gasteiger partial charge in [0.25, 0.3) is 0 Å². The van der Waals surface area contributed by atoms with Crippen LogP contribution in [0, 0.1) is 0 Å². The average Bonchev–Trinajstić information content (AvgIpc) is 2.39. The van der Waals surface area contributed by atoms with Crippen molar-refractivity contribution in [3.05, 3.63) is 0 Å². The Morgan fingerprint density at radius 1 is 1.86 bits per heavy atom. The van der Waals surface area contributed by atoms with E-state index in [2.05, 4.69) is 10.5 Å². The van der Waals surface area contributed by atoms with E-state index in [9.17, 15) is 4.79 Å². The maximum atomic E-state index is 10.5. The van der Waals surface area contributed by atoms with E-state index in [1.54, 1.807) is 0 Å². The van der Waals surface area contributed by atoms with Crippen LogP contribution in [-0.4, -0.2) is 23.4 Å². The molecule has 0 aliphatic carbocycles. The predicted molar refractivity (Wildman–Crippen MR) is 54.0 cm³/mol. The highest BCUT2D eigenvalue weighted by atomic mass is 16.5. The lowest BCUT2D eigenvalue weighted by Crippen LogP contribution is -2.34. The standard InChI is InChI=1S/C9H17N3O2/c1-4-9(3)7(5-6(2)14-9)11-12-8(10)13/h6H,4-5H2,1-3H3,(H3,10,12,13)/b11-7+. The summed E-state index contributed by atoms with van der Waals surface area (Å²) in [6.07, 6.45) is 1.72. The number of hydrogen-bond donors (Lipinski definition) is 2. The van der Waals surface area contributed by atoms with Crippen LogP contribution in [-0.2, 0) is 4.74 Å². The molecular formula is C9H17N3O2. The molecule has 80 valence electrons. The van der Waals surface area contributed by atoms with Crippen LogP contribution in [0.1, 0.15) is 33.6 Å². The van der Waals surface area contributed by atoms with Crippen LogP contribution < -0.4 is 11.2 Å². The second-order valence-corrected chi connectivity index (χ2v) is 3.75. The summed E-state index contributed by atoms with van der Waals surface area (Å²) >= 11 is 0. The van der Waals surface area contributed by atoms with Crippen LogP contribution in [0.25, 0.3) is 0 Å². The lowest BCUT2D eigenvalue weighted by molar-refractivity contribution is 0.000578. The molecule has 0 bridgehead atoms. The average molecular weight is 199 g/mol. The maximum absolute atomic E-state index is 10.5. The summed E-state index contributed by atoms with van der Waals surface area (Å²) in [6.45, 7) is 5.98. The van der Waals surface area contributed by atoms with Crippen molar-refractivity contribution in [1.29, 1.82) is 0 Å². The van der Waals surface area contributed by atoms with Gasteiger partial charge in [-0.15, -0.1) is 0 Å². The molecule has 5 heteroatoms. The zero-order valence-corrected chi connectivity index (χ0v) is 8.83. The lowest BCUT2D eigenvalue weighted by atomic mass is 9.97. The number of ether oxygens (including phenoxy) is 1. The van der Waals surface area contributed by atoms with Crippen molar-refractivity contribution in [3.63, 3.8) is 0 Å². The maximum Gasteiger partial charge on any atom is 0.332 e. The van der Waals surface area contributed by atoms with Gasteiger partial charge >= 0.3 is 6.03 Å². The van der Waals surface area contributed by atoms with Gasteiger partial charge < -0.3 is 10.5 Å². The van der Waals surface area contributed by atoms with Crippen molar-refractivity contribution in [2.45, 2.75) is 45.3 Å². The van der Waals surface area contributed by atoms with Crippen molar-refractivity contribution < 1.29 is 9.53 Å². The molecule has 0 saturated carbocycles. The van der Waals surface area contributed by atoms with Gasteiger partial charge in [0.05, 0.1) is 11.8 Å². The summed E-state index contributed by atoms with van der Waals surface area (Å²) in [5.74, 6) is 0.